The van der Waals surface area contributed by atoms with Crippen LogP contribution in [0.3, 0.4) is 0 Å². The van der Waals surface area contributed by atoms with Crippen LogP contribution in [0.5, 0.6) is 0 Å². The largest absolute Gasteiger partial charge is 0.217 e. The van der Waals surface area contributed by atoms with Gasteiger partial charge >= 0.3 is 0 Å². The van der Waals surface area contributed by atoms with Gasteiger partial charge < -0.3 is 0 Å². The van der Waals surface area contributed by atoms with Crippen molar-refractivity contribution in [3.05, 3.63) is 0 Å². The van der Waals surface area contributed by atoms with Crippen molar-refractivity contribution in [3.63, 3.8) is 0 Å². The van der Waals surface area contributed by atoms with E-state index >= 15 is 0 Å². The topological polar surface area (TPSA) is 37.4 Å². The van der Waals surface area contributed by atoms with Gasteiger partial charge in [0.15, 0.2) is 0 Å². The lowest BCUT2D eigenvalue weighted by atomic mass is 10.0. The first-order valence-corrected chi connectivity index (χ1v) is 7.63. The summed E-state index contributed by atoms with van der Waals surface area (Å²) in [5.41, 5.74) is 0. The van der Waals surface area contributed by atoms with Crippen molar-refractivity contribution in [2.75, 3.05) is 6.54 Å². The Hall–Kier alpha value is -0.0900. The van der Waals surface area contributed by atoms with Crippen molar-refractivity contribution >= 4 is 10.0 Å². The van der Waals surface area contributed by atoms with Crippen molar-refractivity contribution in [3.8, 4) is 0 Å². The van der Waals surface area contributed by atoms with Crippen LogP contribution in [-0.2, 0) is 10.0 Å². The second kappa shape index (κ2) is 4.42. The molecule has 1 aliphatic heterocycles. The third-order valence-electron chi connectivity index (χ3n) is 3.79. The molecule has 1 saturated heterocycles. The van der Waals surface area contributed by atoms with Gasteiger partial charge in [-0.3, -0.25) is 0 Å². The Morgan fingerprint density at radius 2 is 1.67 bits per heavy atom. The van der Waals surface area contributed by atoms with E-state index in [2.05, 4.69) is 0 Å². The van der Waals surface area contributed by atoms with Gasteiger partial charge in [-0.25, -0.2) is 8.42 Å². The molecule has 0 aromatic carbocycles. The van der Waals surface area contributed by atoms with Crippen molar-refractivity contribution in [1.29, 1.82) is 0 Å². The molecule has 0 amide bonds. The molecule has 15 heavy (non-hydrogen) atoms. The Morgan fingerprint density at radius 1 is 1.00 bits per heavy atom. The van der Waals surface area contributed by atoms with Gasteiger partial charge in [-0.05, 0) is 32.6 Å². The van der Waals surface area contributed by atoms with E-state index in [9.17, 15) is 8.42 Å². The van der Waals surface area contributed by atoms with Crippen LogP contribution >= 0.6 is 0 Å². The van der Waals surface area contributed by atoms with E-state index in [-0.39, 0.29) is 11.3 Å². The molecule has 2 fully saturated rings. The van der Waals surface area contributed by atoms with E-state index in [1.807, 2.05) is 6.92 Å². The highest BCUT2D eigenvalue weighted by Gasteiger charge is 2.37. The summed E-state index contributed by atoms with van der Waals surface area (Å²) in [5, 5.41) is -0.0770. The summed E-state index contributed by atoms with van der Waals surface area (Å²) in [6.07, 6.45) is 7.22. The molecule has 1 aliphatic carbocycles. The maximum atomic E-state index is 12.3. The van der Waals surface area contributed by atoms with E-state index in [0.29, 0.717) is 0 Å². The van der Waals surface area contributed by atoms with Gasteiger partial charge in [0.1, 0.15) is 0 Å². The maximum Gasteiger partial charge on any atom is 0.217 e. The summed E-state index contributed by atoms with van der Waals surface area (Å²) < 4.78 is 26.4. The highest BCUT2D eigenvalue weighted by atomic mass is 32.2. The monoisotopic (exact) mass is 231 g/mol. The summed E-state index contributed by atoms with van der Waals surface area (Å²) >= 11 is 0. The number of hydrogen-bond donors (Lipinski definition) is 0. The predicted molar refractivity (Wildman–Crippen MR) is 61.2 cm³/mol. The minimum absolute atomic E-state index is 0.0770. The third-order valence-corrected chi connectivity index (χ3v) is 6.30. The summed E-state index contributed by atoms with van der Waals surface area (Å²) in [6, 6.07) is 0.233. The van der Waals surface area contributed by atoms with E-state index in [1.165, 1.54) is 6.42 Å². The van der Waals surface area contributed by atoms with Gasteiger partial charge in [0.2, 0.25) is 10.0 Å². The minimum atomic E-state index is -2.98. The van der Waals surface area contributed by atoms with Crippen LogP contribution in [0, 0.1) is 0 Å². The second-order valence-corrected chi connectivity index (χ2v) is 7.07. The van der Waals surface area contributed by atoms with Gasteiger partial charge in [0.05, 0.1) is 5.25 Å². The zero-order chi connectivity index (χ0) is 10.9. The molecule has 0 spiro atoms. The van der Waals surface area contributed by atoms with E-state index < -0.39 is 10.0 Å². The highest BCUT2D eigenvalue weighted by Crippen LogP contribution is 2.30. The molecule has 3 nitrogen and oxygen atoms in total. The lowest BCUT2D eigenvalue weighted by Gasteiger charge is -2.29. The molecule has 0 aromatic heterocycles. The van der Waals surface area contributed by atoms with Crippen LogP contribution in [0.2, 0.25) is 0 Å². The summed E-state index contributed by atoms with van der Waals surface area (Å²) in [5.74, 6) is 0. The number of hydrogen-bond acceptors (Lipinski definition) is 2. The molecule has 0 N–H and O–H groups in total. The Bertz CT molecular complexity index is 307. The van der Waals surface area contributed by atoms with E-state index in [0.717, 1.165) is 45.1 Å². The Morgan fingerprint density at radius 3 is 2.20 bits per heavy atom. The normalized spacial score (nSPS) is 30.9. The van der Waals surface area contributed by atoms with Crippen LogP contribution in [0.4, 0.5) is 0 Å². The third kappa shape index (κ3) is 2.21. The van der Waals surface area contributed by atoms with Crippen LogP contribution in [0.25, 0.3) is 0 Å². The summed E-state index contributed by atoms with van der Waals surface area (Å²) in [7, 11) is -2.98. The standard InChI is InChI=1S/C11H21NO2S/c1-10-6-5-9-12(10)15(13,14)11-7-3-2-4-8-11/h10-11H,2-9H2,1H3. The SMILES string of the molecule is CC1CCCN1S(=O)(=O)C1CCCCC1. The lowest BCUT2D eigenvalue weighted by molar-refractivity contribution is 0.384. The Balaban J connectivity index is 2.10. The molecular formula is C11H21NO2S. The smallest absolute Gasteiger partial charge is 0.212 e. The molecule has 1 unspecified atom stereocenters. The first-order chi connectivity index (χ1) is 7.12. The van der Waals surface area contributed by atoms with E-state index in [1.54, 1.807) is 4.31 Å². The zero-order valence-electron chi connectivity index (χ0n) is 9.48. The average Bonchev–Trinajstić information content (AvgIpc) is 2.66. The highest BCUT2D eigenvalue weighted by molar-refractivity contribution is 7.89. The van der Waals surface area contributed by atoms with Crippen molar-refractivity contribution in [2.45, 2.75) is 63.2 Å². The lowest BCUT2D eigenvalue weighted by Crippen LogP contribution is -2.41. The zero-order valence-corrected chi connectivity index (χ0v) is 10.3. The van der Waals surface area contributed by atoms with Gasteiger partial charge in [0, 0.05) is 12.6 Å². The van der Waals surface area contributed by atoms with Crippen LogP contribution in [0.1, 0.15) is 51.9 Å². The van der Waals surface area contributed by atoms with Crippen molar-refractivity contribution in [2.24, 2.45) is 0 Å². The second-order valence-electron chi connectivity index (χ2n) is 4.91. The minimum Gasteiger partial charge on any atom is -0.212 e. The molecule has 2 aliphatic rings. The number of sulfonamides is 1. The van der Waals surface area contributed by atoms with Crippen LogP contribution in [0.15, 0.2) is 0 Å². The Labute approximate surface area is 92.9 Å². The van der Waals surface area contributed by atoms with Crippen molar-refractivity contribution in [1.82, 2.24) is 4.31 Å². The van der Waals surface area contributed by atoms with Gasteiger partial charge in [-0.15, -0.1) is 0 Å². The average molecular weight is 231 g/mol. The van der Waals surface area contributed by atoms with Crippen LogP contribution in [-0.4, -0.2) is 30.6 Å². The molecule has 1 heterocycles. The molecular weight excluding hydrogens is 210 g/mol. The first-order valence-electron chi connectivity index (χ1n) is 6.13. The molecule has 2 rings (SSSR count). The molecule has 0 bridgehead atoms. The fourth-order valence-corrected chi connectivity index (χ4v) is 5.14. The quantitative estimate of drug-likeness (QED) is 0.730. The van der Waals surface area contributed by atoms with Gasteiger partial charge in [-0.1, -0.05) is 19.3 Å². The molecule has 4 heteroatoms. The summed E-state index contributed by atoms with van der Waals surface area (Å²) in [6.45, 7) is 2.79. The molecule has 0 aromatic rings. The Kier molecular flexibility index (Phi) is 3.36. The van der Waals surface area contributed by atoms with Gasteiger partial charge in [-0.2, -0.15) is 4.31 Å². The van der Waals surface area contributed by atoms with Crippen molar-refractivity contribution < 1.29 is 8.42 Å². The molecule has 88 valence electrons. The van der Waals surface area contributed by atoms with Gasteiger partial charge in [0.25, 0.3) is 0 Å². The fraction of sp³-hybridized carbons (Fsp3) is 1.00. The molecule has 0 radical (unpaired) electrons. The first kappa shape index (κ1) is 11.4. The fourth-order valence-electron chi connectivity index (χ4n) is 2.84. The maximum absolute atomic E-state index is 12.3. The van der Waals surface area contributed by atoms with E-state index in [4.69, 9.17) is 0 Å². The predicted octanol–water partition coefficient (Wildman–Crippen LogP) is 2.13. The van der Waals surface area contributed by atoms with Crippen LogP contribution < -0.4 is 0 Å². The molecule has 1 atom stereocenters. The molecule has 1 saturated carbocycles. The number of rotatable bonds is 2. The number of nitrogens with zero attached hydrogens (tertiary/aromatic N) is 1. The summed E-state index contributed by atoms with van der Waals surface area (Å²) in [4.78, 5) is 0.